The number of thiophene rings is 1. The normalized spacial score (nSPS) is 17.1. The summed E-state index contributed by atoms with van der Waals surface area (Å²) in [5, 5.41) is 12.8. The number of amides is 3. The summed E-state index contributed by atoms with van der Waals surface area (Å²) in [5.74, 6) is -1.51. The van der Waals surface area contributed by atoms with Gasteiger partial charge in [0.05, 0.1) is 23.6 Å². The van der Waals surface area contributed by atoms with Crippen molar-refractivity contribution in [2.24, 2.45) is 5.73 Å². The zero-order valence-electron chi connectivity index (χ0n) is 22.3. The second-order valence-corrected chi connectivity index (χ2v) is 10.5. The highest BCUT2D eigenvalue weighted by Gasteiger charge is 2.41. The molecule has 0 radical (unpaired) electrons. The highest BCUT2D eigenvalue weighted by atomic mass is 32.1. The van der Waals surface area contributed by atoms with E-state index in [9.17, 15) is 27.6 Å². The number of benzene rings is 2. The van der Waals surface area contributed by atoms with E-state index in [1.54, 1.807) is 19.1 Å². The summed E-state index contributed by atoms with van der Waals surface area (Å²) in [6.07, 6.45) is -1.23. The second kappa shape index (κ2) is 13.5. The monoisotopic (exact) mass is 603 g/mol. The highest BCUT2D eigenvalue weighted by Crippen LogP contribution is 2.26. The van der Waals surface area contributed by atoms with E-state index in [0.29, 0.717) is 21.3 Å². The maximum Gasteiger partial charge on any atom is 0.345 e. The van der Waals surface area contributed by atoms with Crippen LogP contribution in [0.4, 0.5) is 13.2 Å². The fourth-order valence-corrected chi connectivity index (χ4v) is 5.22. The van der Waals surface area contributed by atoms with Crippen molar-refractivity contribution in [2.75, 3.05) is 13.1 Å². The number of nitrogens with two attached hydrogens (primary N) is 1. The van der Waals surface area contributed by atoms with Gasteiger partial charge in [-0.05, 0) is 67.6 Å². The van der Waals surface area contributed by atoms with E-state index in [0.717, 1.165) is 4.90 Å². The van der Waals surface area contributed by atoms with Crippen LogP contribution in [0.25, 0.3) is 0 Å². The van der Waals surface area contributed by atoms with Crippen molar-refractivity contribution in [3.63, 3.8) is 0 Å². The number of alkyl halides is 2. The van der Waals surface area contributed by atoms with Crippen LogP contribution in [-0.2, 0) is 14.3 Å². The van der Waals surface area contributed by atoms with E-state index in [4.69, 9.17) is 15.9 Å². The molecule has 3 amide bonds. The minimum absolute atomic E-state index is 0.111. The Balaban J connectivity index is 1.36. The third-order valence-electron chi connectivity index (χ3n) is 6.42. The van der Waals surface area contributed by atoms with Gasteiger partial charge in [-0.2, -0.15) is 8.78 Å². The number of nitrogen functional groups attached to an aromatic ring is 1. The zero-order chi connectivity index (χ0) is 30.4. The number of rotatable bonds is 11. The number of amidine groups is 1. The molecule has 2 heterocycles. The molecule has 0 spiro atoms. The molecule has 1 aromatic heterocycles. The lowest BCUT2D eigenvalue weighted by Crippen LogP contribution is -2.49. The molecule has 5 N–H and O–H groups in total. The van der Waals surface area contributed by atoms with Gasteiger partial charge in [-0.1, -0.05) is 0 Å². The van der Waals surface area contributed by atoms with Gasteiger partial charge in [0.25, 0.3) is 5.91 Å². The van der Waals surface area contributed by atoms with E-state index in [1.165, 1.54) is 59.9 Å². The van der Waals surface area contributed by atoms with Crippen LogP contribution in [0.15, 0.2) is 60.7 Å². The van der Waals surface area contributed by atoms with Gasteiger partial charge in [0, 0.05) is 23.4 Å². The number of carbonyl (C=O) groups is 3. The molecule has 1 fully saturated rings. The smallest absolute Gasteiger partial charge is 0.345 e. The Labute approximate surface area is 243 Å². The average molecular weight is 604 g/mol. The molecule has 4 rings (SSSR count). The molecule has 0 unspecified atom stereocenters. The number of nitrogens with one attached hydrogen (secondary N) is 3. The van der Waals surface area contributed by atoms with Crippen LogP contribution in [0, 0.1) is 11.2 Å². The number of hydrogen-bond acceptors (Lipinski definition) is 7. The largest absolute Gasteiger partial charge is 0.457 e. The van der Waals surface area contributed by atoms with E-state index >= 15 is 0 Å². The topological polar surface area (TPSA) is 147 Å². The van der Waals surface area contributed by atoms with Gasteiger partial charge in [-0.15, -0.1) is 11.3 Å². The Bertz CT molecular complexity index is 1430. The van der Waals surface area contributed by atoms with Crippen molar-refractivity contribution in [1.29, 1.82) is 5.41 Å². The van der Waals surface area contributed by atoms with Crippen LogP contribution >= 0.6 is 11.3 Å². The summed E-state index contributed by atoms with van der Waals surface area (Å²) in [6, 6.07) is 13.2. The van der Waals surface area contributed by atoms with Crippen LogP contribution < -0.4 is 21.1 Å². The lowest BCUT2D eigenvalue weighted by molar-refractivity contribution is -0.160. The number of nitrogens with zero attached hydrogens (tertiary/aromatic N) is 1. The van der Waals surface area contributed by atoms with Gasteiger partial charge < -0.3 is 30.7 Å². The molecule has 0 aliphatic carbocycles. The van der Waals surface area contributed by atoms with Gasteiger partial charge in [0.1, 0.15) is 29.2 Å². The van der Waals surface area contributed by atoms with Gasteiger partial charge in [0.15, 0.2) is 0 Å². The van der Waals surface area contributed by atoms with Crippen molar-refractivity contribution in [1.82, 2.24) is 15.5 Å². The van der Waals surface area contributed by atoms with E-state index in [2.05, 4.69) is 15.4 Å². The molecule has 2 aromatic carbocycles. The highest BCUT2D eigenvalue weighted by molar-refractivity contribution is 7.14. The summed E-state index contributed by atoms with van der Waals surface area (Å²) in [6.45, 7) is -2.12. The molecular formula is C28H28F3N5O5S. The first-order valence-electron chi connectivity index (χ1n) is 12.8. The molecule has 0 saturated carbocycles. The minimum atomic E-state index is -3.08. The Morgan fingerprint density at radius 3 is 2.31 bits per heavy atom. The van der Waals surface area contributed by atoms with Crippen molar-refractivity contribution < 1.29 is 37.0 Å². The van der Waals surface area contributed by atoms with E-state index in [1.807, 2.05) is 0 Å². The third kappa shape index (κ3) is 7.85. The van der Waals surface area contributed by atoms with Gasteiger partial charge in [-0.3, -0.25) is 19.8 Å². The molecular weight excluding hydrogens is 575 g/mol. The van der Waals surface area contributed by atoms with Crippen LogP contribution in [0.2, 0.25) is 0 Å². The number of likely N-dealkylation sites (tertiary alicyclic amines) is 1. The van der Waals surface area contributed by atoms with Crippen molar-refractivity contribution in [3.05, 3.63) is 81.8 Å². The number of ether oxygens (including phenoxy) is 2. The van der Waals surface area contributed by atoms with Crippen molar-refractivity contribution in [3.8, 4) is 11.5 Å². The first kappa shape index (κ1) is 30.5. The maximum absolute atomic E-state index is 13.1. The minimum Gasteiger partial charge on any atom is -0.457 e. The lowest BCUT2D eigenvalue weighted by atomic mass is 10.1. The van der Waals surface area contributed by atoms with E-state index in [-0.39, 0.29) is 24.4 Å². The molecule has 3 aromatic rings. The van der Waals surface area contributed by atoms with Crippen molar-refractivity contribution in [2.45, 2.75) is 38.1 Å². The van der Waals surface area contributed by atoms with Crippen LogP contribution in [0.1, 0.15) is 39.5 Å². The summed E-state index contributed by atoms with van der Waals surface area (Å²) >= 11 is 1.22. The quantitative estimate of drug-likeness (QED) is 0.194. The Morgan fingerprint density at radius 2 is 1.71 bits per heavy atom. The second-order valence-electron chi connectivity index (χ2n) is 9.43. The zero-order valence-corrected chi connectivity index (χ0v) is 23.1. The fraction of sp³-hybridized carbons (Fsp3) is 0.286. The molecule has 3 atom stereocenters. The fourth-order valence-electron chi connectivity index (χ4n) is 4.35. The molecule has 1 aliphatic heterocycles. The number of carbonyl (C=O) groups excluding carboxylic acids is 3. The molecule has 0 bridgehead atoms. The summed E-state index contributed by atoms with van der Waals surface area (Å²) in [5.41, 5.74) is 5.72. The van der Waals surface area contributed by atoms with Crippen LogP contribution in [0.5, 0.6) is 11.5 Å². The first-order valence-corrected chi connectivity index (χ1v) is 13.6. The molecule has 14 heteroatoms. The number of hydrogen-bond donors (Lipinski definition) is 4. The van der Waals surface area contributed by atoms with Gasteiger partial charge >= 0.3 is 6.61 Å². The predicted molar refractivity (Wildman–Crippen MR) is 148 cm³/mol. The van der Waals surface area contributed by atoms with Gasteiger partial charge in [-0.25, -0.2) is 4.39 Å². The molecule has 42 heavy (non-hydrogen) atoms. The number of halogens is 3. The average Bonchev–Trinajstić information content (AvgIpc) is 3.61. The SMILES string of the molecule is C[C@@H](NC(=O)[C@@H]1C[C@@H](OC(F)F)CN1C(=O)CNC(=O)c1ccc(Oc2ccc(F)cc2)cc1)c1ccc(C(=N)N)s1. The predicted octanol–water partition coefficient (Wildman–Crippen LogP) is 3.78. The standard InChI is InChI=1S/C28H28F3N5O5S/c1-15(22-10-11-23(42-22)25(32)33)35-27(39)21-12-20(41-28(30)31)14-36(21)24(37)13-34-26(38)16-2-6-18(7-3-16)40-19-8-4-17(29)5-9-19/h2-11,15,20-21,28H,12-14H2,1H3,(H3,32,33)(H,34,38)(H,35,39)/t15-,20-,21+/m1/s1. The van der Waals surface area contributed by atoms with Crippen LogP contribution in [-0.4, -0.2) is 60.3 Å². The molecule has 1 saturated heterocycles. The molecule has 222 valence electrons. The van der Waals surface area contributed by atoms with Crippen molar-refractivity contribution >= 4 is 34.9 Å². The Hall–Kier alpha value is -4.43. The Kier molecular flexibility index (Phi) is 9.80. The summed E-state index contributed by atoms with van der Waals surface area (Å²) in [7, 11) is 0. The van der Waals surface area contributed by atoms with Gasteiger partial charge in [0.2, 0.25) is 11.8 Å². The summed E-state index contributed by atoms with van der Waals surface area (Å²) in [4.78, 5) is 41.2. The molecule has 1 aliphatic rings. The third-order valence-corrected chi connectivity index (χ3v) is 7.73. The first-order chi connectivity index (χ1) is 20.0. The lowest BCUT2D eigenvalue weighted by Gasteiger charge is -2.25. The van der Waals surface area contributed by atoms with Crippen LogP contribution in [0.3, 0.4) is 0 Å². The summed E-state index contributed by atoms with van der Waals surface area (Å²) < 4.78 is 49.1. The maximum atomic E-state index is 13.1. The Morgan fingerprint density at radius 1 is 1.07 bits per heavy atom. The van der Waals surface area contributed by atoms with E-state index < -0.39 is 54.9 Å². The molecule has 10 nitrogen and oxygen atoms in total.